The number of halogens is 1. The third kappa shape index (κ3) is 3.71. The molecule has 0 saturated heterocycles. The number of amides is 2. The molecule has 1 N–H and O–H groups in total. The summed E-state index contributed by atoms with van der Waals surface area (Å²) in [5.74, 6) is -0.302. The van der Waals surface area contributed by atoms with Crippen LogP contribution in [-0.2, 0) is 0 Å². The van der Waals surface area contributed by atoms with Gasteiger partial charge in [0, 0.05) is 52.9 Å². The van der Waals surface area contributed by atoms with Crippen molar-refractivity contribution in [2.45, 2.75) is 18.9 Å². The normalized spacial score (nSPS) is 13.2. The van der Waals surface area contributed by atoms with E-state index in [2.05, 4.69) is 15.4 Å². The van der Waals surface area contributed by atoms with Crippen molar-refractivity contribution in [3.63, 3.8) is 0 Å². The maximum atomic E-state index is 13.5. The smallest absolute Gasteiger partial charge is 0.269 e. The molecule has 32 heavy (non-hydrogen) atoms. The average molecular weight is 446 g/mol. The quantitative estimate of drug-likeness (QED) is 0.499. The number of anilines is 1. The molecule has 0 aliphatic heterocycles. The first-order valence-electron chi connectivity index (χ1n) is 10.3. The standard InChI is InChI=1S/C24H20ClN5O2/c1-26-23(31)21-9-2-16(13-27-21)20-14-28-29-11-10-15(12-22(20)29)24(32)30(19-7-8-19)18-5-3-17(25)4-6-18/h2-6,9-14,19H,7-8H2,1H3,(H,26,31). The summed E-state index contributed by atoms with van der Waals surface area (Å²) >= 11 is 6.03. The van der Waals surface area contributed by atoms with Gasteiger partial charge >= 0.3 is 0 Å². The zero-order valence-corrected chi connectivity index (χ0v) is 18.1. The fourth-order valence-electron chi connectivity index (χ4n) is 3.72. The Morgan fingerprint density at radius 1 is 1.09 bits per heavy atom. The summed E-state index contributed by atoms with van der Waals surface area (Å²) < 4.78 is 1.72. The third-order valence-corrected chi connectivity index (χ3v) is 5.79. The maximum Gasteiger partial charge on any atom is 0.269 e. The molecule has 1 aliphatic rings. The van der Waals surface area contributed by atoms with E-state index in [0.717, 1.165) is 35.2 Å². The molecule has 0 atom stereocenters. The zero-order chi connectivity index (χ0) is 22.2. The molecule has 160 valence electrons. The van der Waals surface area contributed by atoms with Gasteiger partial charge in [-0.1, -0.05) is 17.7 Å². The van der Waals surface area contributed by atoms with Gasteiger partial charge in [-0.25, -0.2) is 4.52 Å². The Hall–Kier alpha value is -3.71. The van der Waals surface area contributed by atoms with E-state index in [1.54, 1.807) is 54.4 Å². The molecule has 1 aliphatic carbocycles. The van der Waals surface area contributed by atoms with E-state index < -0.39 is 0 Å². The highest BCUT2D eigenvalue weighted by Gasteiger charge is 2.34. The summed E-state index contributed by atoms with van der Waals surface area (Å²) in [4.78, 5) is 31.3. The van der Waals surface area contributed by atoms with Gasteiger partial charge in [0.1, 0.15) is 5.69 Å². The van der Waals surface area contributed by atoms with E-state index in [9.17, 15) is 9.59 Å². The molecule has 1 saturated carbocycles. The lowest BCUT2D eigenvalue weighted by atomic mass is 10.1. The van der Waals surface area contributed by atoms with E-state index >= 15 is 0 Å². The molecule has 8 heteroatoms. The van der Waals surface area contributed by atoms with Crippen LogP contribution in [0.3, 0.4) is 0 Å². The molecule has 4 aromatic rings. The lowest BCUT2D eigenvalue weighted by molar-refractivity contribution is 0.0956. The number of rotatable bonds is 5. The number of fused-ring (bicyclic) bond motifs is 1. The highest BCUT2D eigenvalue weighted by molar-refractivity contribution is 6.30. The average Bonchev–Trinajstić information content (AvgIpc) is 3.57. The minimum atomic E-state index is -0.244. The first-order chi connectivity index (χ1) is 15.5. The number of benzene rings is 1. The van der Waals surface area contributed by atoms with Crippen LogP contribution in [0.1, 0.15) is 33.7 Å². The Kier molecular flexibility index (Phi) is 5.11. The number of carbonyl (C=O) groups is 2. The third-order valence-electron chi connectivity index (χ3n) is 5.54. The van der Waals surface area contributed by atoms with Gasteiger partial charge < -0.3 is 10.2 Å². The second kappa shape index (κ2) is 8.09. The Bertz CT molecular complexity index is 1310. The lowest BCUT2D eigenvalue weighted by Crippen LogP contribution is -2.33. The first kappa shape index (κ1) is 20.2. The van der Waals surface area contributed by atoms with Gasteiger partial charge in [0.2, 0.25) is 0 Å². The Morgan fingerprint density at radius 3 is 2.53 bits per heavy atom. The molecular formula is C24H20ClN5O2. The molecule has 5 rings (SSSR count). The van der Waals surface area contributed by atoms with E-state index in [1.807, 2.05) is 29.2 Å². The van der Waals surface area contributed by atoms with Crippen LogP contribution in [0.25, 0.3) is 16.6 Å². The molecule has 3 aromatic heterocycles. The minimum Gasteiger partial charge on any atom is -0.354 e. The van der Waals surface area contributed by atoms with Crippen molar-refractivity contribution in [1.82, 2.24) is 19.9 Å². The molecule has 2 amide bonds. The zero-order valence-electron chi connectivity index (χ0n) is 17.3. The van der Waals surface area contributed by atoms with E-state index in [-0.39, 0.29) is 17.9 Å². The molecule has 0 spiro atoms. The van der Waals surface area contributed by atoms with Crippen molar-refractivity contribution >= 4 is 34.6 Å². The first-order valence-corrected chi connectivity index (χ1v) is 10.7. The Morgan fingerprint density at radius 2 is 1.88 bits per heavy atom. The molecule has 0 radical (unpaired) electrons. The number of pyridine rings is 2. The fraction of sp³-hybridized carbons (Fsp3) is 0.167. The summed E-state index contributed by atoms with van der Waals surface area (Å²) in [5, 5.41) is 7.60. The second-order valence-corrected chi connectivity index (χ2v) is 8.13. The van der Waals surface area contributed by atoms with Crippen LogP contribution in [0.2, 0.25) is 5.02 Å². The molecular weight excluding hydrogens is 426 g/mol. The number of carbonyl (C=O) groups excluding carboxylic acids is 2. The van der Waals surface area contributed by atoms with E-state index in [1.165, 1.54) is 0 Å². The summed E-state index contributed by atoms with van der Waals surface area (Å²) in [6.45, 7) is 0. The molecule has 7 nitrogen and oxygen atoms in total. The number of aromatic nitrogens is 3. The van der Waals surface area contributed by atoms with Crippen molar-refractivity contribution in [2.24, 2.45) is 0 Å². The number of nitrogens with one attached hydrogen (secondary N) is 1. The molecule has 3 heterocycles. The molecule has 0 bridgehead atoms. The predicted molar refractivity (Wildman–Crippen MR) is 123 cm³/mol. The van der Waals surface area contributed by atoms with Gasteiger partial charge in [0.15, 0.2) is 0 Å². The highest BCUT2D eigenvalue weighted by atomic mass is 35.5. The number of hydrogen-bond acceptors (Lipinski definition) is 4. The van der Waals surface area contributed by atoms with Crippen LogP contribution in [-0.4, -0.2) is 39.5 Å². The van der Waals surface area contributed by atoms with Crippen molar-refractivity contribution in [3.05, 3.63) is 83.4 Å². The van der Waals surface area contributed by atoms with Gasteiger partial charge in [-0.3, -0.25) is 14.6 Å². The molecule has 1 aromatic carbocycles. The second-order valence-electron chi connectivity index (χ2n) is 7.70. The molecule has 1 fully saturated rings. The van der Waals surface area contributed by atoms with Crippen molar-refractivity contribution in [2.75, 3.05) is 11.9 Å². The van der Waals surface area contributed by atoms with Crippen molar-refractivity contribution < 1.29 is 9.59 Å². The van der Waals surface area contributed by atoms with E-state index in [0.29, 0.717) is 16.3 Å². The summed E-state index contributed by atoms with van der Waals surface area (Å²) in [7, 11) is 1.57. The minimum absolute atomic E-state index is 0.0578. The van der Waals surface area contributed by atoms with Crippen LogP contribution in [0.5, 0.6) is 0 Å². The fourth-order valence-corrected chi connectivity index (χ4v) is 3.85. The largest absolute Gasteiger partial charge is 0.354 e. The van der Waals surface area contributed by atoms with Crippen LogP contribution < -0.4 is 10.2 Å². The predicted octanol–water partition coefficient (Wildman–Crippen LogP) is 4.22. The van der Waals surface area contributed by atoms with Crippen LogP contribution in [0, 0.1) is 0 Å². The van der Waals surface area contributed by atoms with Crippen LogP contribution in [0.15, 0.2) is 67.1 Å². The van der Waals surface area contributed by atoms with Gasteiger partial charge in [0.25, 0.3) is 11.8 Å². The van der Waals surface area contributed by atoms with Gasteiger partial charge in [0.05, 0.1) is 11.7 Å². The Labute approximate surface area is 189 Å². The van der Waals surface area contributed by atoms with Gasteiger partial charge in [-0.05, 0) is 55.3 Å². The van der Waals surface area contributed by atoms with Gasteiger partial charge in [-0.2, -0.15) is 5.10 Å². The maximum absolute atomic E-state index is 13.5. The monoisotopic (exact) mass is 445 g/mol. The SMILES string of the molecule is CNC(=O)c1ccc(-c2cnn3ccc(C(=O)N(c4ccc(Cl)cc4)C4CC4)cc23)cn1. The Balaban J connectivity index is 1.51. The number of hydrogen-bond donors (Lipinski definition) is 1. The lowest BCUT2D eigenvalue weighted by Gasteiger charge is -2.23. The summed E-state index contributed by atoms with van der Waals surface area (Å²) in [6, 6.07) is 14.7. The number of nitrogens with zero attached hydrogens (tertiary/aromatic N) is 4. The van der Waals surface area contributed by atoms with Gasteiger partial charge in [-0.15, -0.1) is 0 Å². The highest BCUT2D eigenvalue weighted by Crippen LogP contribution is 2.34. The van der Waals surface area contributed by atoms with E-state index in [4.69, 9.17) is 11.6 Å². The summed E-state index contributed by atoms with van der Waals surface area (Å²) in [6.07, 6.45) is 7.12. The topological polar surface area (TPSA) is 79.6 Å². The van der Waals surface area contributed by atoms with Crippen LogP contribution in [0.4, 0.5) is 5.69 Å². The van der Waals surface area contributed by atoms with Crippen molar-refractivity contribution in [1.29, 1.82) is 0 Å². The van der Waals surface area contributed by atoms with Crippen molar-refractivity contribution in [3.8, 4) is 11.1 Å². The summed E-state index contributed by atoms with van der Waals surface area (Å²) in [5.41, 5.74) is 4.19. The molecule has 0 unspecified atom stereocenters. The van der Waals surface area contributed by atoms with Crippen LogP contribution >= 0.6 is 11.6 Å².